The van der Waals surface area contributed by atoms with Gasteiger partial charge in [-0.1, -0.05) is 51.3 Å². The molecule has 0 radical (unpaired) electrons. The standard InChI is InChI=1S/C19H20ClN3O4.C11H13ClN2O2.C8H8BrNO2/c1-26-18(24)14-5-6-16(21-12-14)13-23(17-4-2-3-15(20)11-17)19(25)22-7-9-27-10-8-22;12-9-2-1-3-10(8-9)13-11(15)14-4-6-16-7-5-14;1-12-8(11)6-2-3-7(4-9)10-5-6/h2-6,11-12H,7-10,13H2,1H3;1-3,8H,4-7H2,(H,13,15);2-3,5H,4H2,1H3. The summed E-state index contributed by atoms with van der Waals surface area (Å²) in [5.41, 5.74) is 3.76. The van der Waals surface area contributed by atoms with Crippen molar-refractivity contribution in [2.45, 2.75) is 11.9 Å². The Morgan fingerprint density at radius 3 is 1.76 bits per heavy atom. The van der Waals surface area contributed by atoms with E-state index in [0.29, 0.717) is 96.2 Å². The third-order valence-electron chi connectivity index (χ3n) is 7.96. The van der Waals surface area contributed by atoms with E-state index in [1.165, 1.54) is 26.6 Å². The van der Waals surface area contributed by atoms with Crippen LogP contribution in [0.1, 0.15) is 32.1 Å². The number of carbonyl (C=O) groups excluding carboxylic acids is 4. The van der Waals surface area contributed by atoms with Crippen molar-refractivity contribution in [1.82, 2.24) is 19.8 Å². The normalized spacial score (nSPS) is 13.5. The lowest BCUT2D eigenvalue weighted by molar-refractivity contribution is 0.0548. The van der Waals surface area contributed by atoms with Gasteiger partial charge in [-0.2, -0.15) is 0 Å². The van der Waals surface area contributed by atoms with Crippen molar-refractivity contribution in [3.8, 4) is 0 Å². The molecule has 0 aliphatic carbocycles. The molecule has 0 saturated carbocycles. The lowest BCUT2D eigenvalue weighted by Crippen LogP contribution is -2.48. The number of alkyl halides is 1. The van der Waals surface area contributed by atoms with Crippen LogP contribution in [0.15, 0.2) is 85.2 Å². The Morgan fingerprint density at radius 1 is 0.745 bits per heavy atom. The van der Waals surface area contributed by atoms with Gasteiger partial charge in [0.2, 0.25) is 0 Å². The number of benzene rings is 2. The molecule has 2 saturated heterocycles. The average Bonchev–Trinajstić information content (AvgIpc) is 3.23. The molecule has 2 aromatic carbocycles. The second-order valence-electron chi connectivity index (χ2n) is 11.7. The maximum absolute atomic E-state index is 13.1. The zero-order chi connectivity index (χ0) is 39.6. The third kappa shape index (κ3) is 13.8. The molecule has 1 N–H and O–H groups in total. The summed E-state index contributed by atoms with van der Waals surface area (Å²) in [4.78, 5) is 60.8. The second kappa shape index (κ2) is 22.5. The fourth-order valence-corrected chi connectivity index (χ4v) is 5.74. The second-order valence-corrected chi connectivity index (χ2v) is 13.1. The molecular formula is C38H41BrCl2N6O8. The van der Waals surface area contributed by atoms with Crippen LogP contribution in [0, 0.1) is 0 Å². The molecule has 4 amide bonds. The van der Waals surface area contributed by atoms with Crippen LogP contribution in [0.3, 0.4) is 0 Å². The van der Waals surface area contributed by atoms with Crippen LogP contribution < -0.4 is 10.2 Å². The van der Waals surface area contributed by atoms with Gasteiger partial charge in [0.25, 0.3) is 0 Å². The Hall–Kier alpha value is -4.80. The molecule has 14 nitrogen and oxygen atoms in total. The number of carbonyl (C=O) groups is 4. The molecule has 2 aliphatic rings. The van der Waals surface area contributed by atoms with Gasteiger partial charge < -0.3 is 34.1 Å². The van der Waals surface area contributed by atoms with Gasteiger partial charge in [0.05, 0.1) is 69.7 Å². The van der Waals surface area contributed by atoms with Crippen molar-refractivity contribution in [3.63, 3.8) is 0 Å². The predicted octanol–water partition coefficient (Wildman–Crippen LogP) is 6.95. The molecule has 4 aromatic rings. The number of rotatable bonds is 7. The number of hydrogen-bond donors (Lipinski definition) is 1. The molecule has 2 aliphatic heterocycles. The number of urea groups is 2. The number of hydrogen-bond acceptors (Lipinski definition) is 10. The fraction of sp³-hybridized carbons (Fsp3) is 0.316. The first kappa shape index (κ1) is 42.9. The summed E-state index contributed by atoms with van der Waals surface area (Å²) >= 11 is 15.2. The summed E-state index contributed by atoms with van der Waals surface area (Å²) in [6.07, 6.45) is 2.94. The van der Waals surface area contributed by atoms with E-state index in [2.05, 4.69) is 40.7 Å². The Morgan fingerprint density at radius 2 is 1.27 bits per heavy atom. The number of anilines is 2. The molecule has 4 heterocycles. The van der Waals surface area contributed by atoms with E-state index in [1.807, 2.05) is 12.1 Å². The molecule has 0 unspecified atom stereocenters. The molecule has 292 valence electrons. The smallest absolute Gasteiger partial charge is 0.339 e. The summed E-state index contributed by atoms with van der Waals surface area (Å²) in [6, 6.07) is 20.8. The maximum atomic E-state index is 13.1. The lowest BCUT2D eigenvalue weighted by atomic mass is 10.2. The van der Waals surface area contributed by atoms with E-state index in [-0.39, 0.29) is 24.6 Å². The Bertz CT molecular complexity index is 1860. The van der Waals surface area contributed by atoms with Crippen LogP contribution in [-0.2, 0) is 30.8 Å². The molecule has 2 aromatic heterocycles. The summed E-state index contributed by atoms with van der Waals surface area (Å²) in [5, 5.41) is 4.64. The maximum Gasteiger partial charge on any atom is 0.339 e. The highest BCUT2D eigenvalue weighted by Crippen LogP contribution is 2.23. The number of methoxy groups -OCH3 is 2. The van der Waals surface area contributed by atoms with Gasteiger partial charge in [-0.3, -0.25) is 14.9 Å². The van der Waals surface area contributed by atoms with Crippen molar-refractivity contribution in [3.05, 3.63) is 118 Å². The summed E-state index contributed by atoms with van der Waals surface area (Å²) in [5.74, 6) is -0.811. The molecular weight excluding hydrogens is 819 g/mol. The SMILES string of the molecule is COC(=O)c1ccc(CBr)nc1.COC(=O)c1ccc(CN(C(=O)N2CCOCC2)c2cccc(Cl)c2)nc1.O=C(Nc1cccc(Cl)c1)N1CCOCC1. The first-order valence-electron chi connectivity index (χ1n) is 17.0. The minimum absolute atomic E-state index is 0.106. The highest BCUT2D eigenvalue weighted by atomic mass is 79.9. The zero-order valence-corrected chi connectivity index (χ0v) is 33.4. The number of amides is 4. The fourth-order valence-electron chi connectivity index (χ4n) is 5.03. The minimum atomic E-state index is -0.454. The molecule has 0 bridgehead atoms. The summed E-state index contributed by atoms with van der Waals surface area (Å²) < 4.78 is 19.7. The van der Waals surface area contributed by atoms with E-state index in [0.717, 1.165) is 5.69 Å². The highest BCUT2D eigenvalue weighted by Gasteiger charge is 2.25. The van der Waals surface area contributed by atoms with Crippen molar-refractivity contribution in [1.29, 1.82) is 0 Å². The van der Waals surface area contributed by atoms with Gasteiger partial charge >= 0.3 is 24.0 Å². The van der Waals surface area contributed by atoms with Crippen molar-refractivity contribution in [2.24, 2.45) is 0 Å². The van der Waals surface area contributed by atoms with Crippen LogP contribution in [0.5, 0.6) is 0 Å². The topological polar surface area (TPSA) is 153 Å². The molecule has 2 fully saturated rings. The van der Waals surface area contributed by atoms with Crippen molar-refractivity contribution >= 4 is 74.5 Å². The van der Waals surface area contributed by atoms with E-state index in [9.17, 15) is 19.2 Å². The average molecular weight is 861 g/mol. The van der Waals surface area contributed by atoms with E-state index in [4.69, 9.17) is 32.7 Å². The largest absolute Gasteiger partial charge is 0.465 e. The van der Waals surface area contributed by atoms with Crippen LogP contribution >= 0.6 is 39.1 Å². The van der Waals surface area contributed by atoms with Crippen LogP contribution in [0.2, 0.25) is 10.0 Å². The van der Waals surface area contributed by atoms with Gasteiger partial charge in [0.15, 0.2) is 0 Å². The van der Waals surface area contributed by atoms with Gasteiger partial charge in [0, 0.05) is 65.3 Å². The Labute approximate surface area is 337 Å². The molecule has 55 heavy (non-hydrogen) atoms. The molecule has 6 rings (SSSR count). The van der Waals surface area contributed by atoms with Crippen LogP contribution in [-0.4, -0.2) is 111 Å². The van der Waals surface area contributed by atoms with Gasteiger partial charge in [0.1, 0.15) is 0 Å². The number of nitrogens with one attached hydrogen (secondary N) is 1. The molecule has 0 spiro atoms. The first-order valence-corrected chi connectivity index (χ1v) is 18.9. The minimum Gasteiger partial charge on any atom is -0.465 e. The summed E-state index contributed by atoms with van der Waals surface area (Å²) in [7, 11) is 2.67. The number of halogens is 3. The lowest BCUT2D eigenvalue weighted by Gasteiger charge is -2.33. The Balaban J connectivity index is 0.000000203. The van der Waals surface area contributed by atoms with Crippen LogP contribution in [0.25, 0.3) is 0 Å². The summed E-state index contributed by atoms with van der Waals surface area (Å²) in [6.45, 7) is 4.81. The van der Waals surface area contributed by atoms with Crippen molar-refractivity contribution < 1.29 is 38.1 Å². The predicted molar refractivity (Wildman–Crippen MR) is 212 cm³/mol. The molecule has 17 heteroatoms. The third-order valence-corrected chi connectivity index (χ3v) is 9.00. The number of nitrogens with zero attached hydrogens (tertiary/aromatic N) is 5. The highest BCUT2D eigenvalue weighted by molar-refractivity contribution is 9.08. The number of pyridine rings is 2. The number of ether oxygens (including phenoxy) is 4. The van der Waals surface area contributed by atoms with Gasteiger partial charge in [-0.05, 0) is 60.7 Å². The monoisotopic (exact) mass is 858 g/mol. The van der Waals surface area contributed by atoms with Crippen LogP contribution in [0.4, 0.5) is 21.0 Å². The number of morpholine rings is 2. The van der Waals surface area contributed by atoms with E-state index >= 15 is 0 Å². The van der Waals surface area contributed by atoms with Gasteiger partial charge in [-0.15, -0.1) is 0 Å². The van der Waals surface area contributed by atoms with Crippen molar-refractivity contribution in [2.75, 3.05) is 77.0 Å². The quantitative estimate of drug-likeness (QED) is 0.153. The van der Waals surface area contributed by atoms with Gasteiger partial charge in [-0.25, -0.2) is 19.2 Å². The van der Waals surface area contributed by atoms with E-state index < -0.39 is 5.97 Å². The number of esters is 2. The zero-order valence-electron chi connectivity index (χ0n) is 30.3. The first-order chi connectivity index (χ1) is 26.6. The van der Waals surface area contributed by atoms with E-state index in [1.54, 1.807) is 75.4 Å². The number of aromatic nitrogens is 2. The molecule has 0 atom stereocenters. The Kier molecular flexibility index (Phi) is 17.6.